The summed E-state index contributed by atoms with van der Waals surface area (Å²) in [6.07, 6.45) is 4.92. The Balaban J connectivity index is 1.70. The van der Waals surface area contributed by atoms with Crippen molar-refractivity contribution in [3.63, 3.8) is 0 Å². The van der Waals surface area contributed by atoms with E-state index in [2.05, 4.69) is 20.6 Å². The van der Waals surface area contributed by atoms with Crippen molar-refractivity contribution in [3.05, 3.63) is 48.5 Å². The van der Waals surface area contributed by atoms with E-state index in [1.54, 1.807) is 18.2 Å². The Morgan fingerprint density at radius 1 is 0.958 bits per heavy atom. The Kier molecular flexibility index (Phi) is 3.91. The summed E-state index contributed by atoms with van der Waals surface area (Å²) in [5.74, 6) is 1.61. The van der Waals surface area contributed by atoms with Gasteiger partial charge in [0.1, 0.15) is 11.6 Å². The minimum absolute atomic E-state index is 0.213. The maximum Gasteiger partial charge on any atom is 0.229 e. The molecule has 0 saturated heterocycles. The molecule has 1 fully saturated rings. The summed E-state index contributed by atoms with van der Waals surface area (Å²) in [5, 5.41) is 17.4. The quantitative estimate of drug-likeness (QED) is 0.663. The maximum atomic E-state index is 9.61. The molecule has 1 aromatic heterocycles. The molecular weight excluding hydrogens is 300 g/mol. The summed E-state index contributed by atoms with van der Waals surface area (Å²) in [5.41, 5.74) is 1.66. The summed E-state index contributed by atoms with van der Waals surface area (Å²) in [6, 6.07) is 15.5. The summed E-state index contributed by atoms with van der Waals surface area (Å²) < 4.78 is 0. The number of fused-ring (bicyclic) bond motifs is 1. The molecule has 24 heavy (non-hydrogen) atoms. The van der Waals surface area contributed by atoms with Crippen molar-refractivity contribution < 1.29 is 5.11 Å². The number of nitrogens with one attached hydrogen (secondary N) is 2. The lowest BCUT2D eigenvalue weighted by Crippen LogP contribution is -2.16. The highest BCUT2D eigenvalue weighted by atomic mass is 16.3. The van der Waals surface area contributed by atoms with E-state index in [0.717, 1.165) is 22.4 Å². The second kappa shape index (κ2) is 6.35. The standard InChI is InChI=1S/C19H20N4O/c24-15-9-5-8-14(12-15)21-19-22-17-11-4-3-10-16(17)18(23-19)20-13-6-1-2-7-13/h3-5,8-13,24H,1-2,6-7H2,(H2,20,21,22,23). The van der Waals surface area contributed by atoms with E-state index in [1.807, 2.05) is 30.3 Å². The highest BCUT2D eigenvalue weighted by Gasteiger charge is 2.17. The van der Waals surface area contributed by atoms with Crippen molar-refractivity contribution in [2.45, 2.75) is 31.7 Å². The van der Waals surface area contributed by atoms with Crippen LogP contribution in [0.1, 0.15) is 25.7 Å². The molecule has 1 saturated carbocycles. The van der Waals surface area contributed by atoms with Gasteiger partial charge in [-0.1, -0.05) is 31.0 Å². The largest absolute Gasteiger partial charge is 0.508 e. The zero-order valence-electron chi connectivity index (χ0n) is 13.4. The van der Waals surface area contributed by atoms with E-state index in [0.29, 0.717) is 12.0 Å². The van der Waals surface area contributed by atoms with Crippen molar-refractivity contribution in [1.29, 1.82) is 0 Å². The first-order chi connectivity index (χ1) is 11.8. The van der Waals surface area contributed by atoms with Crippen molar-refractivity contribution >= 4 is 28.4 Å². The van der Waals surface area contributed by atoms with Crippen molar-refractivity contribution in [1.82, 2.24) is 9.97 Å². The minimum atomic E-state index is 0.213. The van der Waals surface area contributed by atoms with E-state index < -0.39 is 0 Å². The predicted molar refractivity (Wildman–Crippen MR) is 96.8 cm³/mol. The van der Waals surface area contributed by atoms with Gasteiger partial charge in [-0.2, -0.15) is 4.98 Å². The van der Waals surface area contributed by atoms with Crippen LogP contribution in [0.3, 0.4) is 0 Å². The predicted octanol–water partition coefficient (Wildman–Crippen LogP) is 4.43. The highest BCUT2D eigenvalue weighted by molar-refractivity contribution is 5.90. The normalized spacial score (nSPS) is 14.8. The number of anilines is 3. The highest BCUT2D eigenvalue weighted by Crippen LogP contribution is 2.28. The van der Waals surface area contributed by atoms with Gasteiger partial charge in [-0.3, -0.25) is 0 Å². The van der Waals surface area contributed by atoms with Gasteiger partial charge >= 0.3 is 0 Å². The monoisotopic (exact) mass is 320 g/mol. The average molecular weight is 320 g/mol. The zero-order valence-corrected chi connectivity index (χ0v) is 13.4. The van der Waals surface area contributed by atoms with Gasteiger partial charge in [0, 0.05) is 23.2 Å². The van der Waals surface area contributed by atoms with Gasteiger partial charge in [0.25, 0.3) is 0 Å². The molecule has 1 aliphatic carbocycles. The number of rotatable bonds is 4. The van der Waals surface area contributed by atoms with Crippen LogP contribution in [-0.4, -0.2) is 21.1 Å². The number of phenolic OH excluding ortho intramolecular Hbond substituents is 1. The number of nitrogens with zero attached hydrogens (tertiary/aromatic N) is 2. The molecule has 122 valence electrons. The molecular formula is C19H20N4O. The lowest BCUT2D eigenvalue weighted by molar-refractivity contribution is 0.475. The summed E-state index contributed by atoms with van der Waals surface area (Å²) in [4.78, 5) is 9.27. The molecule has 0 amide bonds. The SMILES string of the molecule is Oc1cccc(Nc2nc(NC3CCCC3)c3ccccc3n2)c1. The number of aromatic hydroxyl groups is 1. The molecule has 2 aromatic carbocycles. The number of benzene rings is 2. The van der Waals surface area contributed by atoms with Gasteiger partial charge in [0.2, 0.25) is 5.95 Å². The molecule has 5 nitrogen and oxygen atoms in total. The van der Waals surface area contributed by atoms with Gasteiger partial charge in [-0.05, 0) is 37.1 Å². The second-order valence-corrected chi connectivity index (χ2v) is 6.21. The zero-order chi connectivity index (χ0) is 16.4. The smallest absolute Gasteiger partial charge is 0.229 e. The van der Waals surface area contributed by atoms with E-state index in [-0.39, 0.29) is 5.75 Å². The van der Waals surface area contributed by atoms with E-state index in [1.165, 1.54) is 25.7 Å². The van der Waals surface area contributed by atoms with Gasteiger partial charge < -0.3 is 15.7 Å². The van der Waals surface area contributed by atoms with Crippen LogP contribution < -0.4 is 10.6 Å². The van der Waals surface area contributed by atoms with Crippen LogP contribution in [0.5, 0.6) is 5.75 Å². The molecule has 4 rings (SSSR count). The Morgan fingerprint density at radius 2 is 1.79 bits per heavy atom. The van der Waals surface area contributed by atoms with Crippen molar-refractivity contribution in [2.24, 2.45) is 0 Å². The molecule has 5 heteroatoms. The van der Waals surface area contributed by atoms with Crippen molar-refractivity contribution in [3.8, 4) is 5.75 Å². The van der Waals surface area contributed by atoms with Gasteiger partial charge in [0.05, 0.1) is 5.52 Å². The molecule has 0 aliphatic heterocycles. The lowest BCUT2D eigenvalue weighted by atomic mass is 10.2. The van der Waals surface area contributed by atoms with Crippen LogP contribution in [0.25, 0.3) is 10.9 Å². The van der Waals surface area contributed by atoms with Crippen LogP contribution in [-0.2, 0) is 0 Å². The number of hydrogen-bond acceptors (Lipinski definition) is 5. The summed E-state index contributed by atoms with van der Waals surface area (Å²) >= 11 is 0. The summed E-state index contributed by atoms with van der Waals surface area (Å²) in [7, 11) is 0. The number of phenols is 1. The van der Waals surface area contributed by atoms with Gasteiger partial charge in [-0.15, -0.1) is 0 Å². The molecule has 0 spiro atoms. The van der Waals surface area contributed by atoms with Crippen LogP contribution in [0.2, 0.25) is 0 Å². The third kappa shape index (κ3) is 3.11. The first-order valence-electron chi connectivity index (χ1n) is 8.37. The molecule has 1 heterocycles. The maximum absolute atomic E-state index is 9.61. The fourth-order valence-corrected chi connectivity index (χ4v) is 3.22. The molecule has 0 unspecified atom stereocenters. The van der Waals surface area contributed by atoms with Crippen molar-refractivity contribution in [2.75, 3.05) is 10.6 Å². The third-order valence-electron chi connectivity index (χ3n) is 4.40. The van der Waals surface area contributed by atoms with Gasteiger partial charge in [-0.25, -0.2) is 4.98 Å². The molecule has 0 radical (unpaired) electrons. The summed E-state index contributed by atoms with van der Waals surface area (Å²) in [6.45, 7) is 0. The first-order valence-corrected chi connectivity index (χ1v) is 8.37. The third-order valence-corrected chi connectivity index (χ3v) is 4.40. The topological polar surface area (TPSA) is 70.1 Å². The number of aromatic nitrogens is 2. The van der Waals surface area contributed by atoms with Gasteiger partial charge in [0.15, 0.2) is 0 Å². The van der Waals surface area contributed by atoms with Crippen LogP contribution in [0.15, 0.2) is 48.5 Å². The Bertz CT molecular complexity index is 859. The van der Waals surface area contributed by atoms with Crippen LogP contribution >= 0.6 is 0 Å². The van der Waals surface area contributed by atoms with E-state index in [9.17, 15) is 5.11 Å². The molecule has 0 bridgehead atoms. The molecule has 3 N–H and O–H groups in total. The Labute approximate surface area is 140 Å². The van der Waals surface area contributed by atoms with Crippen LogP contribution in [0.4, 0.5) is 17.5 Å². The Hall–Kier alpha value is -2.82. The first kappa shape index (κ1) is 14.8. The number of hydrogen-bond donors (Lipinski definition) is 3. The molecule has 1 aliphatic rings. The Morgan fingerprint density at radius 3 is 2.62 bits per heavy atom. The second-order valence-electron chi connectivity index (χ2n) is 6.21. The van der Waals surface area contributed by atoms with E-state index in [4.69, 9.17) is 0 Å². The number of para-hydroxylation sites is 1. The fraction of sp³-hybridized carbons (Fsp3) is 0.263. The fourth-order valence-electron chi connectivity index (χ4n) is 3.22. The van der Waals surface area contributed by atoms with E-state index >= 15 is 0 Å². The average Bonchev–Trinajstić information content (AvgIpc) is 3.08. The van der Waals surface area contributed by atoms with Crippen LogP contribution in [0, 0.1) is 0 Å². The lowest BCUT2D eigenvalue weighted by Gasteiger charge is -2.16. The molecule has 0 atom stereocenters. The minimum Gasteiger partial charge on any atom is -0.508 e. The molecule has 3 aromatic rings.